The number of hydrogen-bond acceptors (Lipinski definition) is 3. The van der Waals surface area contributed by atoms with Gasteiger partial charge in [0.1, 0.15) is 5.04 Å². The van der Waals surface area contributed by atoms with Gasteiger partial charge in [0, 0.05) is 5.56 Å². The van der Waals surface area contributed by atoms with Crippen LogP contribution in [0.15, 0.2) is 30.3 Å². The van der Waals surface area contributed by atoms with E-state index in [1.807, 2.05) is 30.3 Å². The van der Waals surface area contributed by atoms with Crippen molar-refractivity contribution < 1.29 is 0 Å². The number of thioether (sulfide) groups is 1. The smallest absolute Gasteiger partial charge is 0.157 e. The van der Waals surface area contributed by atoms with Crippen LogP contribution in [0.5, 0.6) is 0 Å². The molecule has 4 N–H and O–H groups in total. The average Bonchev–Trinajstić information content (AvgIpc) is 2.05. The van der Waals surface area contributed by atoms with Gasteiger partial charge in [-0.15, -0.1) is 0 Å². The maximum Gasteiger partial charge on any atom is 0.157 e. The maximum absolute atomic E-state index is 7.50. The first-order valence-corrected chi connectivity index (χ1v) is 4.17. The zero-order chi connectivity index (χ0) is 8.97. The molecule has 62 valence electrons. The van der Waals surface area contributed by atoms with E-state index in [1.54, 1.807) is 0 Å². The van der Waals surface area contributed by atoms with Gasteiger partial charge in [0.2, 0.25) is 0 Å². The minimum Gasteiger partial charge on any atom is -0.378 e. The highest BCUT2D eigenvalue weighted by Gasteiger charge is 2.01. The summed E-state index contributed by atoms with van der Waals surface area (Å²) in [5.41, 5.74) is 5.93. The van der Waals surface area contributed by atoms with Gasteiger partial charge in [-0.25, -0.2) is 0 Å². The highest BCUT2D eigenvalue weighted by Crippen LogP contribution is 2.10. The fourth-order valence-electron chi connectivity index (χ4n) is 0.758. The van der Waals surface area contributed by atoms with Gasteiger partial charge < -0.3 is 5.73 Å². The molecule has 0 unspecified atom stereocenters. The molecule has 1 aromatic carbocycles. The summed E-state index contributed by atoms with van der Waals surface area (Å²) in [6.07, 6.45) is 0. The van der Waals surface area contributed by atoms with Crippen molar-refractivity contribution in [2.45, 2.75) is 0 Å². The van der Waals surface area contributed by atoms with E-state index in [4.69, 9.17) is 16.6 Å². The Kier molecular flexibility index (Phi) is 2.88. The molecule has 1 rings (SSSR count). The van der Waals surface area contributed by atoms with Crippen molar-refractivity contribution in [1.82, 2.24) is 0 Å². The first kappa shape index (κ1) is 8.80. The van der Waals surface area contributed by atoms with Crippen LogP contribution < -0.4 is 5.73 Å². The molecule has 0 saturated heterocycles. The molecule has 0 amide bonds. The van der Waals surface area contributed by atoms with E-state index in [9.17, 15) is 0 Å². The summed E-state index contributed by atoms with van der Waals surface area (Å²) in [6, 6.07) is 9.22. The number of hydrogen-bond donors (Lipinski definition) is 3. The van der Waals surface area contributed by atoms with Gasteiger partial charge in [0.15, 0.2) is 5.17 Å². The summed E-state index contributed by atoms with van der Waals surface area (Å²) >= 11 is 0.952. The largest absolute Gasteiger partial charge is 0.378 e. The Balaban J connectivity index is 2.73. The predicted molar refractivity (Wildman–Crippen MR) is 52.8 cm³/mol. The van der Waals surface area contributed by atoms with Crippen LogP contribution in [0.25, 0.3) is 0 Å². The molecule has 1 aromatic rings. The Morgan fingerprint density at radius 1 is 1.17 bits per heavy atom. The molecule has 0 fully saturated rings. The lowest BCUT2D eigenvalue weighted by molar-refractivity contribution is 1.50. The molecule has 0 aliphatic carbocycles. The molecule has 0 radical (unpaired) electrons. The third kappa shape index (κ3) is 2.39. The van der Waals surface area contributed by atoms with Crippen LogP contribution >= 0.6 is 11.8 Å². The molecule has 0 bridgehead atoms. The maximum atomic E-state index is 7.50. The molecule has 0 aliphatic heterocycles. The lowest BCUT2D eigenvalue weighted by atomic mass is 10.2. The lowest BCUT2D eigenvalue weighted by Crippen LogP contribution is -2.08. The molecule has 4 heteroatoms. The van der Waals surface area contributed by atoms with E-state index in [-0.39, 0.29) is 5.17 Å². The van der Waals surface area contributed by atoms with Crippen LogP contribution in [0.2, 0.25) is 0 Å². The third-order valence-corrected chi connectivity index (χ3v) is 1.91. The van der Waals surface area contributed by atoms with Crippen LogP contribution in [0, 0.1) is 10.8 Å². The third-order valence-electron chi connectivity index (χ3n) is 1.25. The van der Waals surface area contributed by atoms with E-state index in [0.717, 1.165) is 17.3 Å². The second kappa shape index (κ2) is 3.92. The molecule has 0 aromatic heterocycles. The van der Waals surface area contributed by atoms with Crippen LogP contribution in [-0.4, -0.2) is 10.2 Å². The SMILES string of the molecule is N=C(N)SC(=N)c1ccccc1. The first-order valence-electron chi connectivity index (χ1n) is 3.36. The van der Waals surface area contributed by atoms with E-state index >= 15 is 0 Å². The second-order valence-electron chi connectivity index (χ2n) is 2.16. The Labute approximate surface area is 75.0 Å². The number of rotatable bonds is 1. The van der Waals surface area contributed by atoms with Crippen molar-refractivity contribution in [3.05, 3.63) is 35.9 Å². The fraction of sp³-hybridized carbons (Fsp3) is 0. The number of nitrogens with two attached hydrogens (primary N) is 1. The Hall–Kier alpha value is -1.29. The molecular weight excluding hydrogens is 170 g/mol. The molecular formula is C8H9N3S. The summed E-state index contributed by atoms with van der Waals surface area (Å²) in [5.74, 6) is 0. The molecule has 0 saturated carbocycles. The van der Waals surface area contributed by atoms with Crippen LogP contribution in [0.3, 0.4) is 0 Å². The van der Waals surface area contributed by atoms with Gasteiger partial charge in [0.05, 0.1) is 0 Å². The molecule has 0 atom stereocenters. The van der Waals surface area contributed by atoms with Gasteiger partial charge in [-0.1, -0.05) is 30.3 Å². The van der Waals surface area contributed by atoms with Crippen molar-refractivity contribution in [3.8, 4) is 0 Å². The molecule has 12 heavy (non-hydrogen) atoms. The van der Waals surface area contributed by atoms with Crippen molar-refractivity contribution in [3.63, 3.8) is 0 Å². The predicted octanol–water partition coefficient (Wildman–Crippen LogP) is 1.64. The summed E-state index contributed by atoms with van der Waals surface area (Å²) in [7, 11) is 0. The summed E-state index contributed by atoms with van der Waals surface area (Å²) < 4.78 is 0. The number of amidine groups is 1. The first-order chi connectivity index (χ1) is 5.70. The molecule has 0 aliphatic rings. The van der Waals surface area contributed by atoms with Gasteiger partial charge in [0.25, 0.3) is 0 Å². The van der Waals surface area contributed by atoms with Gasteiger partial charge >= 0.3 is 0 Å². The normalized spacial score (nSPS) is 9.33. The Morgan fingerprint density at radius 3 is 2.25 bits per heavy atom. The van der Waals surface area contributed by atoms with Crippen LogP contribution in [0.4, 0.5) is 0 Å². The van der Waals surface area contributed by atoms with Crippen molar-refractivity contribution >= 4 is 22.0 Å². The standard InChI is InChI=1S/C8H9N3S/c9-7(12-8(10)11)6-4-2-1-3-5-6/h1-5,9H,(H3,10,11). The van der Waals surface area contributed by atoms with Gasteiger partial charge in [-0.05, 0) is 11.8 Å². The van der Waals surface area contributed by atoms with Crippen LogP contribution in [0.1, 0.15) is 5.56 Å². The van der Waals surface area contributed by atoms with E-state index < -0.39 is 0 Å². The Morgan fingerprint density at radius 2 is 1.75 bits per heavy atom. The Bertz CT molecular complexity index is 294. The molecule has 0 spiro atoms. The highest BCUT2D eigenvalue weighted by atomic mass is 32.2. The van der Waals surface area contributed by atoms with E-state index in [2.05, 4.69) is 0 Å². The fourth-order valence-corrected chi connectivity index (χ4v) is 1.23. The van der Waals surface area contributed by atoms with Crippen molar-refractivity contribution in [2.24, 2.45) is 5.73 Å². The van der Waals surface area contributed by atoms with E-state index in [0.29, 0.717) is 5.04 Å². The van der Waals surface area contributed by atoms with E-state index in [1.165, 1.54) is 0 Å². The monoisotopic (exact) mass is 179 g/mol. The van der Waals surface area contributed by atoms with Crippen LogP contribution in [-0.2, 0) is 0 Å². The second-order valence-corrected chi connectivity index (χ2v) is 3.21. The summed E-state index contributed by atoms with van der Waals surface area (Å²) in [4.78, 5) is 0. The molecule has 0 heterocycles. The number of benzene rings is 1. The highest BCUT2D eigenvalue weighted by molar-refractivity contribution is 8.26. The van der Waals surface area contributed by atoms with Crippen molar-refractivity contribution in [2.75, 3.05) is 0 Å². The summed E-state index contributed by atoms with van der Waals surface area (Å²) in [5, 5.41) is 14.7. The van der Waals surface area contributed by atoms with Gasteiger partial charge in [-0.3, -0.25) is 10.8 Å². The minimum absolute atomic E-state index is 0.0520. The molecule has 3 nitrogen and oxygen atoms in total. The average molecular weight is 179 g/mol. The zero-order valence-corrected chi connectivity index (χ0v) is 7.19. The van der Waals surface area contributed by atoms with Crippen molar-refractivity contribution in [1.29, 1.82) is 10.8 Å². The minimum atomic E-state index is -0.0520. The van der Waals surface area contributed by atoms with Gasteiger partial charge in [-0.2, -0.15) is 0 Å². The summed E-state index contributed by atoms with van der Waals surface area (Å²) in [6.45, 7) is 0. The number of nitrogens with one attached hydrogen (secondary N) is 2. The zero-order valence-electron chi connectivity index (χ0n) is 6.37. The lowest BCUT2D eigenvalue weighted by Gasteiger charge is -2.00. The topological polar surface area (TPSA) is 73.7 Å². The quantitative estimate of drug-likeness (QED) is 0.453.